The number of nitrogens with one attached hydrogen (secondary N) is 1. The van der Waals surface area contributed by atoms with Crippen molar-refractivity contribution in [3.8, 4) is 0 Å². The Labute approximate surface area is 181 Å². The number of nitrogens with zero attached hydrogens (tertiary/aromatic N) is 5. The molecule has 1 aromatic rings. The van der Waals surface area contributed by atoms with Crippen LogP contribution in [0.3, 0.4) is 0 Å². The van der Waals surface area contributed by atoms with E-state index in [4.69, 9.17) is 0 Å². The average molecular weight is 488 g/mol. The third-order valence-electron chi connectivity index (χ3n) is 6.06. The number of fused-ring (bicyclic) bond motifs is 1. The molecule has 0 bridgehead atoms. The van der Waals surface area contributed by atoms with Gasteiger partial charge in [0.1, 0.15) is 11.6 Å². The van der Waals surface area contributed by atoms with Crippen LogP contribution in [0.25, 0.3) is 0 Å². The maximum Gasteiger partial charge on any atom is 0.193 e. The second kappa shape index (κ2) is 11.2. The molecule has 6 nitrogen and oxygen atoms in total. The first-order valence-corrected chi connectivity index (χ1v) is 10.5. The SMILES string of the molecule is CN=C(NCCc1nnc2n1CCCCC2)N(C)CC1CCC(C)CC1.I. The Morgan fingerprint density at radius 3 is 2.70 bits per heavy atom. The minimum absolute atomic E-state index is 0. The summed E-state index contributed by atoms with van der Waals surface area (Å²) in [5, 5.41) is 12.3. The zero-order chi connectivity index (χ0) is 18.4. The highest BCUT2D eigenvalue weighted by molar-refractivity contribution is 14.0. The lowest BCUT2D eigenvalue weighted by Gasteiger charge is -2.31. The molecule has 1 aromatic heterocycles. The van der Waals surface area contributed by atoms with Crippen molar-refractivity contribution in [1.82, 2.24) is 25.0 Å². The molecular formula is C20H37IN6. The van der Waals surface area contributed by atoms with Crippen LogP contribution in [-0.2, 0) is 19.4 Å². The molecule has 0 amide bonds. The summed E-state index contributed by atoms with van der Waals surface area (Å²) in [7, 11) is 4.04. The van der Waals surface area contributed by atoms with E-state index >= 15 is 0 Å². The molecule has 2 heterocycles. The van der Waals surface area contributed by atoms with E-state index < -0.39 is 0 Å². The average Bonchev–Trinajstić information content (AvgIpc) is 2.87. The summed E-state index contributed by atoms with van der Waals surface area (Å²) in [5.74, 6) is 5.01. The van der Waals surface area contributed by atoms with Gasteiger partial charge in [-0.2, -0.15) is 0 Å². The van der Waals surface area contributed by atoms with Crippen LogP contribution in [0.1, 0.15) is 63.5 Å². The largest absolute Gasteiger partial charge is 0.356 e. The highest BCUT2D eigenvalue weighted by Crippen LogP contribution is 2.28. The van der Waals surface area contributed by atoms with Crippen molar-refractivity contribution in [3.05, 3.63) is 11.6 Å². The van der Waals surface area contributed by atoms with Gasteiger partial charge in [-0.05, 0) is 37.5 Å². The van der Waals surface area contributed by atoms with Crippen LogP contribution in [0.15, 0.2) is 4.99 Å². The van der Waals surface area contributed by atoms with Gasteiger partial charge >= 0.3 is 0 Å². The van der Waals surface area contributed by atoms with Gasteiger partial charge < -0.3 is 14.8 Å². The van der Waals surface area contributed by atoms with Crippen LogP contribution in [0.5, 0.6) is 0 Å². The number of hydrogen-bond donors (Lipinski definition) is 1. The molecule has 154 valence electrons. The molecular weight excluding hydrogens is 451 g/mol. The second-order valence-electron chi connectivity index (χ2n) is 8.23. The summed E-state index contributed by atoms with van der Waals surface area (Å²) in [6.45, 7) is 5.42. The summed E-state index contributed by atoms with van der Waals surface area (Å²) >= 11 is 0. The number of halogens is 1. The van der Waals surface area contributed by atoms with E-state index in [0.29, 0.717) is 0 Å². The number of aryl methyl sites for hydroxylation is 1. The second-order valence-corrected chi connectivity index (χ2v) is 8.23. The Morgan fingerprint density at radius 2 is 1.96 bits per heavy atom. The quantitative estimate of drug-likeness (QED) is 0.392. The molecule has 27 heavy (non-hydrogen) atoms. The van der Waals surface area contributed by atoms with Crippen molar-refractivity contribution in [3.63, 3.8) is 0 Å². The summed E-state index contributed by atoms with van der Waals surface area (Å²) in [4.78, 5) is 6.77. The van der Waals surface area contributed by atoms with Crippen LogP contribution < -0.4 is 5.32 Å². The standard InChI is InChI=1S/C20H36N6.HI/c1-16-8-10-17(11-9-16)15-25(3)20(21-2)22-13-12-19-24-23-18-7-5-4-6-14-26(18)19;/h16-17H,4-15H2,1-3H3,(H,21,22);1H. The zero-order valence-electron chi connectivity index (χ0n) is 17.3. The van der Waals surface area contributed by atoms with Gasteiger partial charge in [0.05, 0.1) is 0 Å². The van der Waals surface area contributed by atoms with Crippen LogP contribution in [0, 0.1) is 11.8 Å². The van der Waals surface area contributed by atoms with Crippen molar-refractivity contribution in [2.24, 2.45) is 16.8 Å². The van der Waals surface area contributed by atoms with Crippen molar-refractivity contribution in [2.75, 3.05) is 27.2 Å². The summed E-state index contributed by atoms with van der Waals surface area (Å²) in [6.07, 6.45) is 11.2. The Morgan fingerprint density at radius 1 is 1.19 bits per heavy atom. The lowest BCUT2D eigenvalue weighted by atomic mass is 9.83. The van der Waals surface area contributed by atoms with Gasteiger partial charge in [-0.25, -0.2) is 0 Å². The molecule has 7 heteroatoms. The lowest BCUT2D eigenvalue weighted by Crippen LogP contribution is -2.42. The van der Waals surface area contributed by atoms with Gasteiger partial charge in [0.15, 0.2) is 5.96 Å². The molecule has 2 aliphatic rings. The van der Waals surface area contributed by atoms with Gasteiger partial charge in [-0.15, -0.1) is 34.2 Å². The fourth-order valence-corrected chi connectivity index (χ4v) is 4.39. The number of hydrogen-bond acceptors (Lipinski definition) is 3. The molecule has 0 radical (unpaired) electrons. The van der Waals surface area contributed by atoms with Gasteiger partial charge in [0.2, 0.25) is 0 Å². The summed E-state index contributed by atoms with van der Waals surface area (Å²) in [6, 6.07) is 0. The summed E-state index contributed by atoms with van der Waals surface area (Å²) in [5.41, 5.74) is 0. The number of aliphatic imine (C=N–C) groups is 1. The van der Waals surface area contributed by atoms with Crippen LogP contribution in [0.4, 0.5) is 0 Å². The maximum atomic E-state index is 4.48. The Bertz CT molecular complexity index is 591. The molecule has 0 unspecified atom stereocenters. The highest BCUT2D eigenvalue weighted by Gasteiger charge is 2.21. The van der Waals surface area contributed by atoms with Crippen LogP contribution in [-0.4, -0.2) is 52.8 Å². The van der Waals surface area contributed by atoms with E-state index in [9.17, 15) is 0 Å². The van der Waals surface area contributed by atoms with Gasteiger partial charge in [-0.3, -0.25) is 4.99 Å². The van der Waals surface area contributed by atoms with Crippen molar-refractivity contribution in [1.29, 1.82) is 0 Å². The van der Waals surface area contributed by atoms with E-state index in [0.717, 1.165) is 56.1 Å². The first-order chi connectivity index (χ1) is 12.7. The summed E-state index contributed by atoms with van der Waals surface area (Å²) < 4.78 is 2.34. The van der Waals surface area contributed by atoms with Gasteiger partial charge in [0.25, 0.3) is 0 Å². The van der Waals surface area contributed by atoms with E-state index in [-0.39, 0.29) is 24.0 Å². The minimum Gasteiger partial charge on any atom is -0.356 e. The van der Waals surface area contributed by atoms with E-state index in [1.807, 2.05) is 7.05 Å². The van der Waals surface area contributed by atoms with Gasteiger partial charge in [-0.1, -0.05) is 26.2 Å². The van der Waals surface area contributed by atoms with Crippen molar-refractivity contribution in [2.45, 2.75) is 71.3 Å². The van der Waals surface area contributed by atoms with Crippen molar-refractivity contribution >= 4 is 29.9 Å². The van der Waals surface area contributed by atoms with E-state index in [1.165, 1.54) is 50.8 Å². The fraction of sp³-hybridized carbons (Fsp3) is 0.850. The monoisotopic (exact) mass is 488 g/mol. The molecule has 1 fully saturated rings. The smallest absolute Gasteiger partial charge is 0.193 e. The lowest BCUT2D eigenvalue weighted by molar-refractivity contribution is 0.250. The highest BCUT2D eigenvalue weighted by atomic mass is 127. The van der Waals surface area contributed by atoms with E-state index in [1.54, 1.807) is 0 Å². The van der Waals surface area contributed by atoms with Crippen LogP contribution >= 0.6 is 24.0 Å². The number of guanidine groups is 1. The Balaban J connectivity index is 0.00000261. The van der Waals surface area contributed by atoms with Crippen molar-refractivity contribution < 1.29 is 0 Å². The maximum absolute atomic E-state index is 4.48. The molecule has 0 spiro atoms. The fourth-order valence-electron chi connectivity index (χ4n) is 4.39. The third-order valence-corrected chi connectivity index (χ3v) is 6.06. The predicted molar refractivity (Wildman–Crippen MR) is 122 cm³/mol. The Hall–Kier alpha value is -0.860. The predicted octanol–water partition coefficient (Wildman–Crippen LogP) is 3.50. The van der Waals surface area contributed by atoms with E-state index in [2.05, 4.69) is 43.9 Å². The molecule has 1 aliphatic carbocycles. The van der Waals surface area contributed by atoms with Crippen LogP contribution in [0.2, 0.25) is 0 Å². The first-order valence-electron chi connectivity index (χ1n) is 10.5. The molecule has 0 saturated heterocycles. The minimum atomic E-state index is 0. The number of rotatable bonds is 5. The topological polar surface area (TPSA) is 58.3 Å². The normalized spacial score (nSPS) is 23.1. The molecule has 1 N–H and O–H groups in total. The first kappa shape index (κ1) is 22.4. The zero-order valence-corrected chi connectivity index (χ0v) is 19.6. The van der Waals surface area contributed by atoms with Gasteiger partial charge in [0, 0.05) is 46.6 Å². The Kier molecular flexibility index (Phi) is 9.32. The molecule has 0 atom stereocenters. The molecule has 3 rings (SSSR count). The molecule has 1 aliphatic heterocycles. The molecule has 1 saturated carbocycles. The number of aromatic nitrogens is 3. The molecule has 0 aromatic carbocycles. The third kappa shape index (κ3) is 6.32.